The minimum absolute atomic E-state index is 0.0663. The highest BCUT2D eigenvalue weighted by atomic mass is 16.5. The molecule has 1 heteroatoms. The summed E-state index contributed by atoms with van der Waals surface area (Å²) in [6, 6.07) is 4.57. The molecule has 0 saturated heterocycles. The summed E-state index contributed by atoms with van der Waals surface area (Å²) in [5.41, 5.74) is 5.31. The lowest BCUT2D eigenvalue weighted by Gasteiger charge is -2.28. The molecule has 0 unspecified atom stereocenters. The van der Waals surface area contributed by atoms with Crippen molar-refractivity contribution in [2.75, 3.05) is 7.11 Å². The molecule has 1 nitrogen and oxygen atoms in total. The van der Waals surface area contributed by atoms with Crippen LogP contribution in [0.5, 0.6) is 5.75 Å². The van der Waals surface area contributed by atoms with E-state index in [-0.39, 0.29) is 10.8 Å². The van der Waals surface area contributed by atoms with E-state index in [1.807, 2.05) is 0 Å². The fourth-order valence-corrected chi connectivity index (χ4v) is 2.29. The molecule has 0 aromatic heterocycles. The van der Waals surface area contributed by atoms with E-state index in [1.54, 1.807) is 7.11 Å². The summed E-state index contributed by atoms with van der Waals surface area (Å²) in [4.78, 5) is 0. The quantitative estimate of drug-likeness (QED) is 0.671. The molecule has 0 radical (unpaired) electrons. The van der Waals surface area contributed by atoms with Gasteiger partial charge >= 0.3 is 0 Å². The van der Waals surface area contributed by atoms with Crippen LogP contribution in [0.1, 0.15) is 72.1 Å². The van der Waals surface area contributed by atoms with E-state index in [2.05, 4.69) is 73.6 Å². The van der Waals surface area contributed by atoms with Gasteiger partial charge in [0.05, 0.1) is 7.11 Å². The van der Waals surface area contributed by atoms with Gasteiger partial charge in [-0.25, -0.2) is 0 Å². The molecule has 1 aromatic rings. The molecule has 0 N–H and O–H groups in total. The van der Waals surface area contributed by atoms with Crippen LogP contribution in [0.3, 0.4) is 0 Å². The fourth-order valence-electron chi connectivity index (χ4n) is 2.29. The molecule has 112 valence electrons. The molecule has 0 aliphatic heterocycles. The van der Waals surface area contributed by atoms with Crippen LogP contribution in [0.25, 0.3) is 6.08 Å². The summed E-state index contributed by atoms with van der Waals surface area (Å²) in [7, 11) is 1.77. The lowest BCUT2D eigenvalue weighted by Crippen LogP contribution is -2.18. The SMILES string of the molecule is COc1c(C=C(C)C)cc(C(C)(C)C)cc1C(C)(C)C. The zero-order chi connectivity index (χ0) is 15.7. The number of ether oxygens (including phenoxy) is 1. The maximum Gasteiger partial charge on any atom is 0.129 e. The number of rotatable bonds is 2. The first-order valence-corrected chi connectivity index (χ1v) is 7.34. The molecule has 0 spiro atoms. The van der Waals surface area contributed by atoms with Crippen molar-refractivity contribution >= 4 is 6.08 Å². The number of methoxy groups -OCH3 is 1. The van der Waals surface area contributed by atoms with Gasteiger partial charge in [-0.05, 0) is 36.3 Å². The van der Waals surface area contributed by atoms with Crippen LogP contribution in [0.15, 0.2) is 17.7 Å². The van der Waals surface area contributed by atoms with Gasteiger partial charge in [-0.2, -0.15) is 0 Å². The van der Waals surface area contributed by atoms with Gasteiger partial charge in [-0.1, -0.05) is 59.3 Å². The highest BCUT2D eigenvalue weighted by molar-refractivity contribution is 5.64. The second-order valence-electron chi connectivity index (χ2n) is 7.87. The summed E-state index contributed by atoms with van der Waals surface area (Å²) in [5, 5.41) is 0. The van der Waals surface area contributed by atoms with Gasteiger partial charge in [0, 0.05) is 11.1 Å². The van der Waals surface area contributed by atoms with Gasteiger partial charge < -0.3 is 4.74 Å². The van der Waals surface area contributed by atoms with Crippen molar-refractivity contribution in [3.8, 4) is 5.75 Å². The zero-order valence-electron chi connectivity index (χ0n) is 14.6. The highest BCUT2D eigenvalue weighted by Crippen LogP contribution is 2.39. The summed E-state index contributed by atoms with van der Waals surface area (Å²) >= 11 is 0. The van der Waals surface area contributed by atoms with Crippen LogP contribution < -0.4 is 4.74 Å². The Bertz CT molecular complexity index is 504. The molecule has 0 saturated carbocycles. The van der Waals surface area contributed by atoms with E-state index in [0.29, 0.717) is 0 Å². The molecule has 0 amide bonds. The molecule has 1 aromatic carbocycles. The molecule has 0 aliphatic carbocycles. The Labute approximate surface area is 125 Å². The number of allylic oxidation sites excluding steroid dienone is 1. The summed E-state index contributed by atoms with van der Waals surface area (Å²) < 4.78 is 5.73. The Balaban J connectivity index is 3.70. The van der Waals surface area contributed by atoms with Gasteiger partial charge in [-0.15, -0.1) is 0 Å². The van der Waals surface area contributed by atoms with Gasteiger partial charge in [0.15, 0.2) is 0 Å². The van der Waals surface area contributed by atoms with E-state index >= 15 is 0 Å². The summed E-state index contributed by atoms with van der Waals surface area (Å²) in [5.74, 6) is 1.01. The third-order valence-electron chi connectivity index (χ3n) is 3.44. The minimum atomic E-state index is 0.0663. The van der Waals surface area contributed by atoms with Crippen LogP contribution in [0.2, 0.25) is 0 Å². The molecular formula is C19H30O. The van der Waals surface area contributed by atoms with Crippen LogP contribution in [0.4, 0.5) is 0 Å². The second-order valence-corrected chi connectivity index (χ2v) is 7.87. The number of hydrogen-bond donors (Lipinski definition) is 0. The van der Waals surface area contributed by atoms with E-state index in [9.17, 15) is 0 Å². The van der Waals surface area contributed by atoms with E-state index in [4.69, 9.17) is 4.74 Å². The molecule has 0 heterocycles. The average Bonchev–Trinajstić information content (AvgIpc) is 2.24. The fraction of sp³-hybridized carbons (Fsp3) is 0.579. The first kappa shape index (κ1) is 16.8. The first-order valence-electron chi connectivity index (χ1n) is 7.34. The average molecular weight is 274 g/mol. The Morgan fingerprint density at radius 1 is 0.950 bits per heavy atom. The van der Waals surface area contributed by atoms with Crippen molar-refractivity contribution in [2.24, 2.45) is 0 Å². The lowest BCUT2D eigenvalue weighted by atomic mass is 9.78. The van der Waals surface area contributed by atoms with Crippen molar-refractivity contribution in [2.45, 2.75) is 66.2 Å². The van der Waals surface area contributed by atoms with E-state index in [0.717, 1.165) is 5.75 Å². The van der Waals surface area contributed by atoms with Crippen molar-refractivity contribution in [3.05, 3.63) is 34.4 Å². The molecule has 1 rings (SSSR count). The number of benzene rings is 1. The Morgan fingerprint density at radius 2 is 1.50 bits per heavy atom. The van der Waals surface area contributed by atoms with E-state index in [1.165, 1.54) is 22.3 Å². The topological polar surface area (TPSA) is 9.23 Å². The molecule has 0 bridgehead atoms. The zero-order valence-corrected chi connectivity index (χ0v) is 14.6. The smallest absolute Gasteiger partial charge is 0.129 e. The molecular weight excluding hydrogens is 244 g/mol. The van der Waals surface area contributed by atoms with Gasteiger partial charge in [0.25, 0.3) is 0 Å². The molecule has 20 heavy (non-hydrogen) atoms. The maximum atomic E-state index is 5.73. The predicted octanol–water partition coefficient (Wildman–Crippen LogP) is 5.71. The third-order valence-corrected chi connectivity index (χ3v) is 3.44. The van der Waals surface area contributed by atoms with Crippen LogP contribution in [-0.4, -0.2) is 7.11 Å². The Hall–Kier alpha value is -1.24. The van der Waals surface area contributed by atoms with Gasteiger partial charge in [0.1, 0.15) is 5.75 Å². The summed E-state index contributed by atoms with van der Waals surface area (Å²) in [6.07, 6.45) is 2.21. The second kappa shape index (κ2) is 5.63. The maximum absolute atomic E-state index is 5.73. The highest BCUT2D eigenvalue weighted by Gasteiger charge is 2.25. The predicted molar refractivity (Wildman–Crippen MR) is 89.7 cm³/mol. The van der Waals surface area contributed by atoms with E-state index < -0.39 is 0 Å². The van der Waals surface area contributed by atoms with Crippen molar-refractivity contribution < 1.29 is 4.74 Å². The largest absolute Gasteiger partial charge is 0.496 e. The van der Waals surface area contributed by atoms with Gasteiger partial charge in [0.2, 0.25) is 0 Å². The summed E-state index contributed by atoms with van der Waals surface area (Å²) in [6.45, 7) is 17.7. The van der Waals surface area contributed by atoms with Crippen LogP contribution >= 0.6 is 0 Å². The lowest BCUT2D eigenvalue weighted by molar-refractivity contribution is 0.395. The standard InChI is InChI=1S/C19H30O/c1-13(2)10-14-11-15(18(3,4)5)12-16(17(14)20-9)19(6,7)8/h10-12H,1-9H3. The van der Waals surface area contributed by atoms with Crippen LogP contribution in [0, 0.1) is 0 Å². The monoisotopic (exact) mass is 274 g/mol. The Kier molecular flexibility index (Phi) is 4.74. The molecule has 0 aliphatic rings. The minimum Gasteiger partial charge on any atom is -0.496 e. The van der Waals surface area contributed by atoms with Gasteiger partial charge in [-0.3, -0.25) is 0 Å². The Morgan fingerprint density at radius 3 is 1.85 bits per heavy atom. The van der Waals surface area contributed by atoms with Crippen LogP contribution in [-0.2, 0) is 10.8 Å². The third kappa shape index (κ3) is 3.88. The normalized spacial score (nSPS) is 12.2. The van der Waals surface area contributed by atoms with Crippen molar-refractivity contribution in [1.29, 1.82) is 0 Å². The molecule has 0 atom stereocenters. The number of hydrogen-bond acceptors (Lipinski definition) is 1. The van der Waals surface area contributed by atoms with Crippen molar-refractivity contribution in [1.82, 2.24) is 0 Å². The molecule has 0 fully saturated rings. The van der Waals surface area contributed by atoms with Crippen molar-refractivity contribution in [3.63, 3.8) is 0 Å². The first-order chi connectivity index (χ1) is 8.96.